The van der Waals surface area contributed by atoms with E-state index in [0.717, 1.165) is 37.2 Å². The predicted octanol–water partition coefficient (Wildman–Crippen LogP) is 3.49. The van der Waals surface area contributed by atoms with Gasteiger partial charge in [-0.25, -0.2) is 0 Å². The Morgan fingerprint density at radius 2 is 1.34 bits per heavy atom. The van der Waals surface area contributed by atoms with Crippen LogP contribution >= 0.6 is 0 Å². The van der Waals surface area contributed by atoms with Crippen LogP contribution in [0.5, 0.6) is 5.75 Å². The smallest absolute Gasteiger partial charge is 0.327 e. The highest BCUT2D eigenvalue weighted by atomic mass is 16.7. The molecule has 0 aliphatic heterocycles. The van der Waals surface area contributed by atoms with Gasteiger partial charge < -0.3 is 20.0 Å². The molecule has 0 unspecified atom stereocenters. The second-order valence-electron chi connectivity index (χ2n) is 8.03. The van der Waals surface area contributed by atoms with Gasteiger partial charge in [-0.15, -0.1) is 0 Å². The molecule has 0 heterocycles. The van der Waals surface area contributed by atoms with Crippen LogP contribution in [0, 0.1) is 17.8 Å². The maximum absolute atomic E-state index is 12.5. The van der Waals surface area contributed by atoms with Crippen LogP contribution < -0.4 is 16.4 Å². The molecule has 0 radical (unpaired) electrons. The second-order valence-corrected chi connectivity index (χ2v) is 8.03. The highest BCUT2D eigenvalue weighted by Crippen LogP contribution is 2.34. The fourth-order valence-corrected chi connectivity index (χ4v) is 4.19. The summed E-state index contributed by atoms with van der Waals surface area (Å²) in [4.78, 5) is 28.3. The number of hydrogen-bond donors (Lipinski definition) is 2. The molecular formula is C22H30N2O5. The number of nitrogens with two attached hydrogens (primary N) is 2. The van der Waals surface area contributed by atoms with Crippen LogP contribution in [0.25, 0.3) is 0 Å². The van der Waals surface area contributed by atoms with Gasteiger partial charge in [-0.2, -0.15) is 5.90 Å². The van der Waals surface area contributed by atoms with E-state index >= 15 is 0 Å². The van der Waals surface area contributed by atoms with Gasteiger partial charge in [0.15, 0.2) is 0 Å². The highest BCUT2D eigenvalue weighted by Gasteiger charge is 2.33. The van der Waals surface area contributed by atoms with Crippen molar-refractivity contribution < 1.29 is 23.9 Å². The zero-order valence-corrected chi connectivity index (χ0v) is 16.7. The third-order valence-corrected chi connectivity index (χ3v) is 6.05. The maximum Gasteiger partial charge on any atom is 0.327 e. The van der Waals surface area contributed by atoms with Crippen molar-refractivity contribution in [2.75, 3.05) is 5.73 Å². The molecule has 1 aromatic rings. The SMILES string of the molecule is C=C(Oc1ccc(N)cc1)C1CCC(OC(=O)C2CCC(C(=O)ON)CC2)CC1. The summed E-state index contributed by atoms with van der Waals surface area (Å²) in [5.74, 6) is 5.78. The predicted molar refractivity (Wildman–Crippen MR) is 108 cm³/mol. The number of nitrogen functional groups attached to an aromatic ring is 1. The van der Waals surface area contributed by atoms with E-state index in [1.54, 1.807) is 12.1 Å². The first-order valence-corrected chi connectivity index (χ1v) is 10.3. The van der Waals surface area contributed by atoms with Gasteiger partial charge in [-0.1, -0.05) is 6.58 Å². The number of ether oxygens (including phenoxy) is 2. The number of benzene rings is 1. The van der Waals surface area contributed by atoms with E-state index < -0.39 is 5.97 Å². The quantitative estimate of drug-likeness (QED) is 0.324. The van der Waals surface area contributed by atoms with Gasteiger partial charge in [0.05, 0.1) is 17.6 Å². The van der Waals surface area contributed by atoms with Gasteiger partial charge in [0.1, 0.15) is 11.9 Å². The Morgan fingerprint density at radius 1 is 0.828 bits per heavy atom. The lowest BCUT2D eigenvalue weighted by Crippen LogP contribution is -2.32. The summed E-state index contributed by atoms with van der Waals surface area (Å²) in [6.07, 6.45) is 5.80. The number of hydrogen-bond acceptors (Lipinski definition) is 7. The van der Waals surface area contributed by atoms with E-state index in [0.29, 0.717) is 31.4 Å². The molecule has 2 aliphatic carbocycles. The van der Waals surface area contributed by atoms with Crippen molar-refractivity contribution in [1.82, 2.24) is 0 Å². The largest absolute Gasteiger partial charge is 0.462 e. The van der Waals surface area contributed by atoms with Crippen LogP contribution in [0.3, 0.4) is 0 Å². The average molecular weight is 402 g/mol. The zero-order valence-electron chi connectivity index (χ0n) is 16.7. The van der Waals surface area contributed by atoms with Crippen molar-refractivity contribution in [1.29, 1.82) is 0 Å². The molecule has 0 bridgehead atoms. The Morgan fingerprint density at radius 3 is 1.90 bits per heavy atom. The minimum Gasteiger partial charge on any atom is -0.462 e. The van der Waals surface area contributed by atoms with Gasteiger partial charge in [0.25, 0.3) is 0 Å². The summed E-state index contributed by atoms with van der Waals surface area (Å²) in [6, 6.07) is 7.25. The fraction of sp³-hybridized carbons (Fsp3) is 0.545. The average Bonchev–Trinajstić information content (AvgIpc) is 2.75. The second kappa shape index (κ2) is 9.78. The molecule has 3 rings (SSSR count). The lowest BCUT2D eigenvalue weighted by Gasteiger charge is -2.31. The van der Waals surface area contributed by atoms with Crippen LogP contribution in [0.1, 0.15) is 51.4 Å². The van der Waals surface area contributed by atoms with Gasteiger partial charge >= 0.3 is 11.9 Å². The molecule has 0 spiro atoms. The lowest BCUT2D eigenvalue weighted by atomic mass is 9.82. The summed E-state index contributed by atoms with van der Waals surface area (Å²) in [5.41, 5.74) is 6.38. The number of rotatable bonds is 6. The van der Waals surface area contributed by atoms with E-state index in [-0.39, 0.29) is 29.8 Å². The number of anilines is 1. The molecule has 158 valence electrons. The molecule has 1 aromatic carbocycles. The third kappa shape index (κ3) is 5.73. The van der Waals surface area contributed by atoms with Gasteiger partial charge in [-0.05, 0) is 75.6 Å². The standard InChI is InChI=1S/C22H30N2O5/c1-14(27-19-12-8-18(23)9-13-19)15-6-10-20(11-7-15)28-21(25)16-2-4-17(5-3-16)22(26)29-24/h8-9,12-13,15-17,20H,1-7,10-11,23-24H2. The van der Waals surface area contributed by atoms with Crippen molar-refractivity contribution in [2.45, 2.75) is 57.5 Å². The minimum absolute atomic E-state index is 0.0604. The molecule has 4 N–H and O–H groups in total. The first-order chi connectivity index (χ1) is 14.0. The van der Waals surface area contributed by atoms with E-state index in [4.69, 9.17) is 21.1 Å². The summed E-state index contributed by atoms with van der Waals surface area (Å²) in [6.45, 7) is 4.08. The Kier molecular flexibility index (Phi) is 7.14. The number of esters is 1. The monoisotopic (exact) mass is 402 g/mol. The van der Waals surface area contributed by atoms with Crippen molar-refractivity contribution >= 4 is 17.6 Å². The molecule has 29 heavy (non-hydrogen) atoms. The number of carbonyl (C=O) groups is 2. The van der Waals surface area contributed by atoms with E-state index in [2.05, 4.69) is 11.4 Å². The molecule has 2 saturated carbocycles. The normalized spacial score (nSPS) is 26.9. The molecule has 7 nitrogen and oxygen atoms in total. The first kappa shape index (κ1) is 21.2. The fourth-order valence-electron chi connectivity index (χ4n) is 4.19. The van der Waals surface area contributed by atoms with E-state index in [9.17, 15) is 9.59 Å². The van der Waals surface area contributed by atoms with Crippen molar-refractivity contribution in [3.05, 3.63) is 36.6 Å². The summed E-state index contributed by atoms with van der Waals surface area (Å²) >= 11 is 0. The van der Waals surface area contributed by atoms with Crippen molar-refractivity contribution in [3.8, 4) is 5.75 Å². The van der Waals surface area contributed by atoms with E-state index in [1.165, 1.54) is 0 Å². The Bertz CT molecular complexity index is 717. The van der Waals surface area contributed by atoms with E-state index in [1.807, 2.05) is 12.1 Å². The third-order valence-electron chi connectivity index (χ3n) is 6.05. The van der Waals surface area contributed by atoms with Crippen molar-refractivity contribution in [2.24, 2.45) is 23.7 Å². The Hall–Kier alpha value is -2.54. The molecule has 0 amide bonds. The maximum atomic E-state index is 12.5. The van der Waals surface area contributed by atoms with Crippen LogP contribution in [0.15, 0.2) is 36.6 Å². The minimum atomic E-state index is -0.392. The van der Waals surface area contributed by atoms with Crippen LogP contribution in [0.4, 0.5) is 5.69 Å². The van der Waals surface area contributed by atoms with Crippen molar-refractivity contribution in [3.63, 3.8) is 0 Å². The number of carbonyl (C=O) groups excluding carboxylic acids is 2. The molecular weight excluding hydrogens is 372 g/mol. The van der Waals surface area contributed by atoms with Gasteiger partial charge in [0, 0.05) is 11.6 Å². The zero-order chi connectivity index (χ0) is 20.8. The highest BCUT2D eigenvalue weighted by molar-refractivity contribution is 5.75. The van der Waals surface area contributed by atoms with Crippen LogP contribution in [-0.2, 0) is 19.2 Å². The topological polar surface area (TPSA) is 114 Å². The molecule has 2 fully saturated rings. The molecule has 2 aliphatic rings. The number of allylic oxidation sites excluding steroid dienone is 1. The van der Waals surface area contributed by atoms with Crippen LogP contribution in [0.2, 0.25) is 0 Å². The summed E-state index contributed by atoms with van der Waals surface area (Å²) in [5, 5.41) is 0. The summed E-state index contributed by atoms with van der Waals surface area (Å²) < 4.78 is 11.6. The van der Waals surface area contributed by atoms with Crippen LogP contribution in [-0.4, -0.2) is 18.0 Å². The molecule has 0 saturated heterocycles. The Labute approximate surface area is 171 Å². The molecule has 0 atom stereocenters. The molecule has 7 heteroatoms. The lowest BCUT2D eigenvalue weighted by molar-refractivity contribution is -0.160. The molecule has 0 aromatic heterocycles. The van der Waals surface area contributed by atoms with Gasteiger partial charge in [-0.3, -0.25) is 9.59 Å². The summed E-state index contributed by atoms with van der Waals surface area (Å²) in [7, 11) is 0. The first-order valence-electron chi connectivity index (χ1n) is 10.3. The Balaban J connectivity index is 1.39. The van der Waals surface area contributed by atoms with Gasteiger partial charge in [0.2, 0.25) is 0 Å².